The third-order valence-electron chi connectivity index (χ3n) is 3.05. The largest absolute Gasteiger partial charge is 0.389 e. The summed E-state index contributed by atoms with van der Waals surface area (Å²) in [5.74, 6) is 0. The highest BCUT2D eigenvalue weighted by atomic mass is 32.2. The van der Waals surface area contributed by atoms with Crippen LogP contribution in [0.15, 0.2) is 28.5 Å². The summed E-state index contributed by atoms with van der Waals surface area (Å²) in [5.41, 5.74) is 3.93. The van der Waals surface area contributed by atoms with Crippen molar-refractivity contribution in [2.75, 3.05) is 0 Å². The van der Waals surface area contributed by atoms with Crippen LogP contribution < -0.4 is 0 Å². The van der Waals surface area contributed by atoms with Crippen molar-refractivity contribution in [3.8, 4) is 0 Å². The summed E-state index contributed by atoms with van der Waals surface area (Å²) in [6, 6.07) is 3.74. The number of aromatic nitrogens is 3. The first-order valence-corrected chi connectivity index (χ1v) is 6.92. The molecule has 0 spiro atoms. The molecule has 2 aromatic heterocycles. The van der Waals surface area contributed by atoms with Crippen LogP contribution in [-0.4, -0.2) is 20.1 Å². The molecule has 0 bridgehead atoms. The molecule has 0 aromatic carbocycles. The Morgan fingerprint density at radius 3 is 2.21 bits per heavy atom. The third-order valence-corrected chi connectivity index (χ3v) is 3.87. The van der Waals surface area contributed by atoms with Gasteiger partial charge in [-0.2, -0.15) is 0 Å². The fraction of sp³-hybridized carbons (Fsp3) is 0.357. The van der Waals surface area contributed by atoms with E-state index < -0.39 is 6.10 Å². The Morgan fingerprint density at radius 2 is 1.74 bits per heavy atom. The number of hydrogen-bond acceptors (Lipinski definition) is 5. The fourth-order valence-electron chi connectivity index (χ4n) is 1.58. The van der Waals surface area contributed by atoms with E-state index in [4.69, 9.17) is 0 Å². The molecular formula is C14H17N3OS. The van der Waals surface area contributed by atoms with Gasteiger partial charge in [-0.05, 0) is 56.7 Å². The van der Waals surface area contributed by atoms with Gasteiger partial charge in [0.15, 0.2) is 5.16 Å². The molecule has 1 atom stereocenters. The summed E-state index contributed by atoms with van der Waals surface area (Å²) < 4.78 is 0. The zero-order valence-corrected chi connectivity index (χ0v) is 12.3. The topological polar surface area (TPSA) is 58.9 Å². The summed E-state index contributed by atoms with van der Waals surface area (Å²) in [5, 5.41) is 11.0. The number of aryl methyl sites for hydroxylation is 2. The van der Waals surface area contributed by atoms with Crippen molar-refractivity contribution in [1.82, 2.24) is 15.0 Å². The second kappa shape index (κ2) is 5.67. The predicted octanol–water partition coefficient (Wildman–Crippen LogP) is 3.00. The molecule has 1 unspecified atom stereocenters. The van der Waals surface area contributed by atoms with E-state index in [0.29, 0.717) is 5.16 Å². The Kier molecular flexibility index (Phi) is 4.17. The predicted molar refractivity (Wildman–Crippen MR) is 75.2 cm³/mol. The van der Waals surface area contributed by atoms with E-state index >= 15 is 0 Å². The molecule has 2 rings (SSSR count). The number of pyridine rings is 1. The van der Waals surface area contributed by atoms with Gasteiger partial charge in [0.25, 0.3) is 0 Å². The lowest BCUT2D eigenvalue weighted by Crippen LogP contribution is -1.98. The number of aliphatic hydroxyl groups excluding tert-OH is 1. The van der Waals surface area contributed by atoms with E-state index in [9.17, 15) is 5.11 Å². The summed E-state index contributed by atoms with van der Waals surface area (Å²) in [6.45, 7) is 7.71. The highest BCUT2D eigenvalue weighted by molar-refractivity contribution is 7.99. The van der Waals surface area contributed by atoms with Crippen LogP contribution >= 0.6 is 11.8 Å². The van der Waals surface area contributed by atoms with Gasteiger partial charge in [-0.3, -0.25) is 0 Å². The maximum absolute atomic E-state index is 9.44. The van der Waals surface area contributed by atoms with E-state index in [0.717, 1.165) is 27.5 Å². The normalized spacial score (nSPS) is 12.5. The molecule has 0 saturated carbocycles. The molecule has 0 amide bonds. The van der Waals surface area contributed by atoms with Gasteiger partial charge in [0, 0.05) is 17.6 Å². The second-order valence-corrected chi connectivity index (χ2v) is 5.50. The summed E-state index contributed by atoms with van der Waals surface area (Å²) in [7, 11) is 0. The third kappa shape index (κ3) is 3.30. The minimum Gasteiger partial charge on any atom is -0.389 e. The van der Waals surface area contributed by atoms with E-state index in [1.165, 1.54) is 11.8 Å². The lowest BCUT2D eigenvalue weighted by Gasteiger charge is -2.07. The Hall–Kier alpha value is -1.46. The number of aliphatic hydroxyl groups is 1. The molecule has 0 saturated heterocycles. The highest BCUT2D eigenvalue weighted by Gasteiger charge is 2.08. The Morgan fingerprint density at radius 1 is 1.11 bits per heavy atom. The molecule has 0 aliphatic rings. The monoisotopic (exact) mass is 275 g/mol. The van der Waals surface area contributed by atoms with Gasteiger partial charge in [-0.25, -0.2) is 15.0 Å². The maximum Gasteiger partial charge on any atom is 0.194 e. The van der Waals surface area contributed by atoms with Crippen molar-refractivity contribution in [3.05, 3.63) is 40.8 Å². The molecule has 0 radical (unpaired) electrons. The molecule has 0 aliphatic heterocycles. The van der Waals surface area contributed by atoms with Gasteiger partial charge in [0.2, 0.25) is 0 Å². The highest BCUT2D eigenvalue weighted by Crippen LogP contribution is 2.25. The summed E-state index contributed by atoms with van der Waals surface area (Å²) in [4.78, 5) is 13.2. The van der Waals surface area contributed by atoms with Crippen molar-refractivity contribution < 1.29 is 5.11 Å². The minimum absolute atomic E-state index is 0.494. The Balaban J connectivity index is 2.21. The van der Waals surface area contributed by atoms with Crippen LogP contribution in [0.1, 0.15) is 35.5 Å². The first-order chi connectivity index (χ1) is 8.97. The van der Waals surface area contributed by atoms with Crippen molar-refractivity contribution in [3.63, 3.8) is 0 Å². The van der Waals surface area contributed by atoms with Gasteiger partial charge in [-0.15, -0.1) is 0 Å². The van der Waals surface area contributed by atoms with Gasteiger partial charge >= 0.3 is 0 Å². The van der Waals surface area contributed by atoms with Crippen LogP contribution in [0.2, 0.25) is 0 Å². The first-order valence-electron chi connectivity index (χ1n) is 6.11. The van der Waals surface area contributed by atoms with Crippen molar-refractivity contribution in [1.29, 1.82) is 0 Å². The lowest BCUT2D eigenvalue weighted by molar-refractivity contribution is 0.198. The summed E-state index contributed by atoms with van der Waals surface area (Å²) >= 11 is 1.43. The number of hydrogen-bond donors (Lipinski definition) is 1. The van der Waals surface area contributed by atoms with E-state index in [2.05, 4.69) is 15.0 Å². The Labute approximate surface area is 117 Å². The average molecular weight is 275 g/mol. The van der Waals surface area contributed by atoms with Crippen LogP contribution in [-0.2, 0) is 0 Å². The van der Waals surface area contributed by atoms with Crippen LogP contribution in [0, 0.1) is 20.8 Å². The van der Waals surface area contributed by atoms with Gasteiger partial charge in [0.1, 0.15) is 5.03 Å². The summed E-state index contributed by atoms with van der Waals surface area (Å²) in [6.07, 6.45) is 1.19. The first kappa shape index (κ1) is 14.0. The molecule has 5 heteroatoms. The van der Waals surface area contributed by atoms with Gasteiger partial charge < -0.3 is 5.11 Å². The van der Waals surface area contributed by atoms with E-state index in [1.54, 1.807) is 13.1 Å². The Bertz CT molecular complexity index is 559. The van der Waals surface area contributed by atoms with Crippen LogP contribution in [0.3, 0.4) is 0 Å². The molecular weight excluding hydrogens is 258 g/mol. The van der Waals surface area contributed by atoms with Crippen molar-refractivity contribution in [2.45, 2.75) is 44.0 Å². The molecule has 4 nitrogen and oxygen atoms in total. The molecule has 0 aliphatic carbocycles. The molecule has 2 heterocycles. The van der Waals surface area contributed by atoms with Crippen LogP contribution in [0.5, 0.6) is 0 Å². The van der Waals surface area contributed by atoms with Crippen molar-refractivity contribution >= 4 is 11.8 Å². The molecule has 100 valence electrons. The van der Waals surface area contributed by atoms with Crippen LogP contribution in [0.4, 0.5) is 0 Å². The van der Waals surface area contributed by atoms with Crippen molar-refractivity contribution in [2.24, 2.45) is 0 Å². The number of rotatable bonds is 3. The molecule has 19 heavy (non-hydrogen) atoms. The zero-order valence-electron chi connectivity index (χ0n) is 11.5. The number of nitrogens with zero attached hydrogens (tertiary/aromatic N) is 3. The van der Waals surface area contributed by atoms with E-state index in [1.807, 2.05) is 32.9 Å². The zero-order chi connectivity index (χ0) is 14.0. The van der Waals surface area contributed by atoms with Crippen LogP contribution in [0.25, 0.3) is 0 Å². The molecule has 2 aromatic rings. The SMILES string of the molecule is Cc1nc(Sc2ccc(C(C)O)cn2)nc(C)c1C. The minimum atomic E-state index is -0.494. The fourth-order valence-corrected chi connectivity index (χ4v) is 2.37. The molecule has 1 N–H and O–H groups in total. The average Bonchev–Trinajstić information content (AvgIpc) is 2.36. The smallest absolute Gasteiger partial charge is 0.194 e. The maximum atomic E-state index is 9.44. The quantitative estimate of drug-likeness (QED) is 0.873. The van der Waals surface area contributed by atoms with E-state index in [-0.39, 0.29) is 0 Å². The van der Waals surface area contributed by atoms with Gasteiger partial charge in [0.05, 0.1) is 6.10 Å². The second-order valence-electron chi connectivity index (χ2n) is 4.51. The standard InChI is InChI=1S/C14H17N3OS/c1-8-9(2)16-14(17-10(8)3)19-13-6-5-12(7-15-13)11(4)18/h5-7,11,18H,1-4H3. The van der Waals surface area contributed by atoms with Gasteiger partial charge in [-0.1, -0.05) is 6.07 Å². The lowest BCUT2D eigenvalue weighted by atomic mass is 10.2. The molecule has 0 fully saturated rings.